The number of benzene rings is 2. The van der Waals surface area contributed by atoms with Crippen LogP contribution in [-0.2, 0) is 0 Å². The fourth-order valence-electron chi connectivity index (χ4n) is 3.22. The van der Waals surface area contributed by atoms with Gasteiger partial charge in [-0.2, -0.15) is 0 Å². The zero-order valence-corrected chi connectivity index (χ0v) is 13.7. The van der Waals surface area contributed by atoms with Crippen molar-refractivity contribution in [3.05, 3.63) is 52.3 Å². The second-order valence-electron chi connectivity index (χ2n) is 6.42. The Bertz CT molecular complexity index is 1110. The maximum Gasteiger partial charge on any atom is 0.278 e. The molecule has 134 valence electrons. The van der Waals surface area contributed by atoms with Crippen LogP contribution in [0, 0.1) is 11.6 Å². The van der Waals surface area contributed by atoms with Gasteiger partial charge in [-0.1, -0.05) is 12.1 Å². The van der Waals surface area contributed by atoms with E-state index in [-0.39, 0.29) is 34.2 Å². The Balaban J connectivity index is 2.03. The SMILES string of the molecule is NNc1c(N)c2ccc(-c3cc(F)c(N)cc3F)cc2n(C2CC2)c1=O. The van der Waals surface area contributed by atoms with E-state index in [9.17, 15) is 13.6 Å². The van der Waals surface area contributed by atoms with Crippen LogP contribution in [0.1, 0.15) is 18.9 Å². The molecular formula is C18H17F2N5O. The third-order valence-electron chi connectivity index (χ3n) is 4.70. The predicted molar refractivity (Wildman–Crippen MR) is 98.5 cm³/mol. The Hall–Kier alpha value is -3.13. The first-order chi connectivity index (χ1) is 12.4. The van der Waals surface area contributed by atoms with Crippen LogP contribution in [0.2, 0.25) is 0 Å². The van der Waals surface area contributed by atoms with Crippen molar-refractivity contribution in [2.45, 2.75) is 18.9 Å². The van der Waals surface area contributed by atoms with Crippen LogP contribution < -0.4 is 28.3 Å². The summed E-state index contributed by atoms with van der Waals surface area (Å²) < 4.78 is 29.7. The first kappa shape index (κ1) is 16.3. The van der Waals surface area contributed by atoms with Gasteiger partial charge in [0.15, 0.2) is 0 Å². The molecule has 26 heavy (non-hydrogen) atoms. The summed E-state index contributed by atoms with van der Waals surface area (Å²) in [5, 5.41) is 0.615. The first-order valence-electron chi connectivity index (χ1n) is 8.11. The van der Waals surface area contributed by atoms with Gasteiger partial charge in [0.25, 0.3) is 5.56 Å². The van der Waals surface area contributed by atoms with E-state index in [1.807, 2.05) is 0 Å². The number of aromatic nitrogens is 1. The molecule has 0 atom stereocenters. The number of halogens is 2. The van der Waals surface area contributed by atoms with Crippen LogP contribution in [-0.4, -0.2) is 4.57 Å². The number of nitrogens with one attached hydrogen (secondary N) is 1. The molecular weight excluding hydrogens is 340 g/mol. The molecule has 6 nitrogen and oxygen atoms in total. The second-order valence-corrected chi connectivity index (χ2v) is 6.42. The van der Waals surface area contributed by atoms with Gasteiger partial charge in [-0.15, -0.1) is 0 Å². The molecule has 0 saturated heterocycles. The number of pyridine rings is 1. The molecule has 7 N–H and O–H groups in total. The van der Waals surface area contributed by atoms with Gasteiger partial charge < -0.3 is 21.5 Å². The summed E-state index contributed by atoms with van der Waals surface area (Å²) in [6, 6.07) is 6.96. The van der Waals surface area contributed by atoms with Gasteiger partial charge in [-0.05, 0) is 30.5 Å². The average molecular weight is 357 g/mol. The maximum atomic E-state index is 14.3. The molecule has 0 spiro atoms. The number of anilines is 3. The smallest absolute Gasteiger partial charge is 0.278 e. The zero-order valence-electron chi connectivity index (χ0n) is 13.7. The molecule has 0 aliphatic heterocycles. The Kier molecular flexibility index (Phi) is 3.58. The maximum absolute atomic E-state index is 14.3. The van der Waals surface area contributed by atoms with Crippen LogP contribution in [0.4, 0.5) is 25.8 Å². The molecule has 0 amide bonds. The standard InChI is InChI=1S/C18H17F2N5O/c19-12-7-14(21)13(20)6-11(12)8-1-4-10-15(5-8)25(9-2-3-9)18(26)17(24-23)16(10)22/h1,4-7,9,24H,2-3,21-23H2. The highest BCUT2D eigenvalue weighted by Gasteiger charge is 2.28. The number of nitrogen functional groups attached to an aromatic ring is 3. The number of hydrogen-bond donors (Lipinski definition) is 4. The number of fused-ring (bicyclic) bond motifs is 1. The van der Waals surface area contributed by atoms with Gasteiger partial charge in [0.1, 0.15) is 17.3 Å². The van der Waals surface area contributed by atoms with Crippen molar-refractivity contribution in [3.8, 4) is 11.1 Å². The molecule has 0 bridgehead atoms. The van der Waals surface area contributed by atoms with Crippen LogP contribution in [0.15, 0.2) is 35.1 Å². The van der Waals surface area contributed by atoms with Crippen molar-refractivity contribution < 1.29 is 8.78 Å². The van der Waals surface area contributed by atoms with Crippen molar-refractivity contribution in [2.24, 2.45) is 5.84 Å². The first-order valence-corrected chi connectivity index (χ1v) is 8.11. The molecule has 0 unspecified atom stereocenters. The highest BCUT2D eigenvalue weighted by atomic mass is 19.1. The summed E-state index contributed by atoms with van der Waals surface area (Å²) >= 11 is 0. The molecule has 1 saturated carbocycles. The van der Waals surface area contributed by atoms with E-state index in [2.05, 4.69) is 5.43 Å². The van der Waals surface area contributed by atoms with E-state index >= 15 is 0 Å². The topological polar surface area (TPSA) is 112 Å². The fraction of sp³-hybridized carbons (Fsp3) is 0.167. The third kappa shape index (κ3) is 2.38. The van der Waals surface area contributed by atoms with Crippen molar-refractivity contribution >= 4 is 28.0 Å². The summed E-state index contributed by atoms with van der Waals surface area (Å²) in [6.45, 7) is 0. The van der Waals surface area contributed by atoms with Crippen LogP contribution in [0.5, 0.6) is 0 Å². The van der Waals surface area contributed by atoms with E-state index in [0.717, 1.165) is 25.0 Å². The number of nitrogens with zero attached hydrogens (tertiary/aromatic N) is 1. The molecule has 4 rings (SSSR count). The molecule has 1 heterocycles. The molecule has 0 radical (unpaired) electrons. The lowest BCUT2D eigenvalue weighted by Crippen LogP contribution is -2.27. The molecule has 1 aromatic heterocycles. The van der Waals surface area contributed by atoms with Gasteiger partial charge >= 0.3 is 0 Å². The molecule has 2 aromatic carbocycles. The summed E-state index contributed by atoms with van der Waals surface area (Å²) in [6.07, 6.45) is 1.72. The minimum Gasteiger partial charge on any atom is -0.396 e. The van der Waals surface area contributed by atoms with Crippen LogP contribution in [0.25, 0.3) is 22.0 Å². The van der Waals surface area contributed by atoms with Crippen LogP contribution in [0.3, 0.4) is 0 Å². The van der Waals surface area contributed by atoms with Gasteiger partial charge in [-0.25, -0.2) is 8.78 Å². The fourth-order valence-corrected chi connectivity index (χ4v) is 3.22. The van der Waals surface area contributed by atoms with Crippen molar-refractivity contribution in [1.29, 1.82) is 0 Å². The zero-order chi connectivity index (χ0) is 18.6. The van der Waals surface area contributed by atoms with Gasteiger partial charge in [0.05, 0.1) is 16.9 Å². The van der Waals surface area contributed by atoms with E-state index in [1.54, 1.807) is 22.8 Å². The second kappa shape index (κ2) is 5.70. The highest BCUT2D eigenvalue weighted by Crippen LogP contribution is 2.39. The summed E-state index contributed by atoms with van der Waals surface area (Å²) in [7, 11) is 0. The lowest BCUT2D eigenvalue weighted by atomic mass is 10.0. The largest absolute Gasteiger partial charge is 0.396 e. The number of hydrogen-bond acceptors (Lipinski definition) is 5. The molecule has 1 aliphatic rings. The third-order valence-corrected chi connectivity index (χ3v) is 4.70. The van der Waals surface area contributed by atoms with Gasteiger partial charge in [-0.3, -0.25) is 10.6 Å². The molecule has 1 aliphatic carbocycles. The van der Waals surface area contributed by atoms with Gasteiger partial charge in [0, 0.05) is 23.1 Å². The average Bonchev–Trinajstić information content (AvgIpc) is 3.43. The Morgan fingerprint density at radius 3 is 2.46 bits per heavy atom. The Morgan fingerprint density at radius 2 is 1.81 bits per heavy atom. The van der Waals surface area contributed by atoms with Crippen molar-refractivity contribution in [1.82, 2.24) is 4.57 Å². The minimum absolute atomic E-state index is 0.0425. The monoisotopic (exact) mass is 357 g/mol. The number of nitrogens with two attached hydrogens (primary N) is 3. The van der Waals surface area contributed by atoms with Crippen LogP contribution >= 0.6 is 0 Å². The highest BCUT2D eigenvalue weighted by molar-refractivity contribution is 5.98. The van der Waals surface area contributed by atoms with E-state index in [1.165, 1.54) is 0 Å². The lowest BCUT2D eigenvalue weighted by molar-refractivity contribution is 0.607. The lowest BCUT2D eigenvalue weighted by Gasteiger charge is -2.16. The quantitative estimate of drug-likeness (QED) is 0.327. The summed E-state index contributed by atoms with van der Waals surface area (Å²) in [5.74, 6) is 4.11. The Morgan fingerprint density at radius 1 is 1.08 bits per heavy atom. The summed E-state index contributed by atoms with van der Waals surface area (Å²) in [4.78, 5) is 12.7. The summed E-state index contributed by atoms with van der Waals surface area (Å²) in [5.41, 5.74) is 14.7. The molecule has 1 fully saturated rings. The Labute approximate surface area is 147 Å². The number of rotatable bonds is 3. The van der Waals surface area contributed by atoms with E-state index in [0.29, 0.717) is 16.5 Å². The van der Waals surface area contributed by atoms with Gasteiger partial charge in [0.2, 0.25) is 0 Å². The molecule has 3 aromatic rings. The van der Waals surface area contributed by atoms with Crippen molar-refractivity contribution in [2.75, 3.05) is 16.9 Å². The van der Waals surface area contributed by atoms with Crippen molar-refractivity contribution in [3.63, 3.8) is 0 Å². The molecule has 8 heteroatoms. The normalized spacial score (nSPS) is 14.0. The van der Waals surface area contributed by atoms with E-state index < -0.39 is 11.6 Å². The van der Waals surface area contributed by atoms with E-state index in [4.69, 9.17) is 17.3 Å². The predicted octanol–water partition coefficient (Wildman–Crippen LogP) is 2.73. The number of hydrazine groups is 1. The minimum atomic E-state index is -0.705.